The lowest BCUT2D eigenvalue weighted by Gasteiger charge is -2.26. The van der Waals surface area contributed by atoms with E-state index in [2.05, 4.69) is 5.32 Å². The first-order valence-electron chi connectivity index (χ1n) is 10.0. The van der Waals surface area contributed by atoms with Gasteiger partial charge in [-0.15, -0.1) is 0 Å². The van der Waals surface area contributed by atoms with Crippen molar-refractivity contribution in [2.45, 2.75) is 30.7 Å². The van der Waals surface area contributed by atoms with Crippen molar-refractivity contribution in [2.75, 3.05) is 27.3 Å². The van der Waals surface area contributed by atoms with E-state index in [0.717, 1.165) is 19.3 Å². The molecule has 1 N–H and O–H groups in total. The maximum absolute atomic E-state index is 12.9. The number of ether oxygens (including phenoxy) is 2. The van der Waals surface area contributed by atoms with E-state index >= 15 is 0 Å². The van der Waals surface area contributed by atoms with Gasteiger partial charge in [-0.05, 0) is 48.7 Å². The molecule has 31 heavy (non-hydrogen) atoms. The molecule has 9 heteroatoms. The van der Waals surface area contributed by atoms with E-state index in [9.17, 15) is 18.0 Å². The maximum Gasteiger partial charge on any atom is 0.341 e. The number of hydrogen-bond donors (Lipinski definition) is 1. The quantitative estimate of drug-likeness (QED) is 0.656. The highest BCUT2D eigenvalue weighted by molar-refractivity contribution is 7.89. The van der Waals surface area contributed by atoms with Gasteiger partial charge < -0.3 is 14.8 Å². The number of amides is 1. The van der Waals surface area contributed by atoms with Crippen LogP contribution in [0.25, 0.3) is 0 Å². The molecule has 166 valence electrons. The van der Waals surface area contributed by atoms with Crippen molar-refractivity contribution in [3.63, 3.8) is 0 Å². The minimum absolute atomic E-state index is 0.111. The Morgan fingerprint density at radius 3 is 2.45 bits per heavy atom. The third-order valence-corrected chi connectivity index (χ3v) is 7.07. The van der Waals surface area contributed by atoms with Crippen LogP contribution in [0.4, 0.5) is 0 Å². The first-order chi connectivity index (χ1) is 14.9. The summed E-state index contributed by atoms with van der Waals surface area (Å²) >= 11 is 0. The maximum atomic E-state index is 12.9. The third-order valence-electron chi connectivity index (χ3n) is 5.17. The zero-order valence-corrected chi connectivity index (χ0v) is 18.4. The Labute approximate surface area is 182 Å². The minimum Gasteiger partial charge on any atom is -0.496 e. The van der Waals surface area contributed by atoms with Gasteiger partial charge in [0.05, 0.1) is 19.1 Å². The van der Waals surface area contributed by atoms with Gasteiger partial charge in [-0.3, -0.25) is 4.79 Å². The van der Waals surface area contributed by atoms with E-state index in [0.29, 0.717) is 24.4 Å². The molecule has 8 nitrogen and oxygen atoms in total. The van der Waals surface area contributed by atoms with Crippen molar-refractivity contribution in [3.05, 3.63) is 59.2 Å². The number of nitrogens with zero attached hydrogens (tertiary/aromatic N) is 1. The third kappa shape index (κ3) is 5.23. The number of hydrogen-bond acceptors (Lipinski definition) is 6. The summed E-state index contributed by atoms with van der Waals surface area (Å²) < 4.78 is 37.1. The second kappa shape index (κ2) is 9.93. The summed E-state index contributed by atoms with van der Waals surface area (Å²) in [5, 5.41) is 2.75. The summed E-state index contributed by atoms with van der Waals surface area (Å²) in [5.74, 6) is -0.579. The molecule has 0 radical (unpaired) electrons. The SMILES string of the molecule is COC(=O)c1cc(CNC(=O)c2cccc(S(=O)(=O)N3CCCCC3)c2)ccc1OC. The predicted molar refractivity (Wildman–Crippen MR) is 115 cm³/mol. The molecule has 1 aliphatic heterocycles. The lowest BCUT2D eigenvalue weighted by molar-refractivity contribution is 0.0597. The average molecular weight is 447 g/mol. The van der Waals surface area contributed by atoms with Crippen molar-refractivity contribution in [3.8, 4) is 5.75 Å². The molecule has 0 spiro atoms. The Balaban J connectivity index is 1.73. The number of rotatable bonds is 7. The molecular formula is C22H26N2O6S. The number of sulfonamides is 1. The Kier molecular flexibility index (Phi) is 7.29. The molecule has 1 heterocycles. The van der Waals surface area contributed by atoms with Crippen LogP contribution in [0.5, 0.6) is 5.75 Å². The van der Waals surface area contributed by atoms with E-state index in [1.807, 2.05) is 0 Å². The first kappa shape index (κ1) is 22.8. The molecular weight excluding hydrogens is 420 g/mol. The highest BCUT2D eigenvalue weighted by Gasteiger charge is 2.26. The van der Waals surface area contributed by atoms with Gasteiger partial charge in [0.1, 0.15) is 11.3 Å². The zero-order valence-electron chi connectivity index (χ0n) is 17.6. The fourth-order valence-corrected chi connectivity index (χ4v) is 5.03. The number of piperidine rings is 1. The smallest absolute Gasteiger partial charge is 0.341 e. The van der Waals surface area contributed by atoms with E-state index in [1.54, 1.807) is 30.3 Å². The van der Waals surface area contributed by atoms with Crippen LogP contribution >= 0.6 is 0 Å². The van der Waals surface area contributed by atoms with Gasteiger partial charge in [-0.1, -0.05) is 18.6 Å². The second-order valence-electron chi connectivity index (χ2n) is 7.20. The molecule has 0 saturated carbocycles. The highest BCUT2D eigenvalue weighted by atomic mass is 32.2. The molecule has 0 atom stereocenters. The molecule has 0 aromatic heterocycles. The summed E-state index contributed by atoms with van der Waals surface area (Å²) in [6, 6.07) is 11.0. The van der Waals surface area contributed by atoms with Crippen LogP contribution in [0.2, 0.25) is 0 Å². The molecule has 2 aromatic carbocycles. The molecule has 0 aliphatic carbocycles. The Morgan fingerprint density at radius 2 is 1.77 bits per heavy atom. The van der Waals surface area contributed by atoms with Crippen LogP contribution in [-0.2, 0) is 21.3 Å². The molecule has 1 saturated heterocycles. The number of benzene rings is 2. The number of carbonyl (C=O) groups is 2. The second-order valence-corrected chi connectivity index (χ2v) is 9.14. The summed E-state index contributed by atoms with van der Waals surface area (Å²) in [6.07, 6.45) is 2.71. The van der Waals surface area contributed by atoms with Crippen molar-refractivity contribution in [1.82, 2.24) is 9.62 Å². The van der Waals surface area contributed by atoms with Crippen LogP contribution in [-0.4, -0.2) is 51.9 Å². The van der Waals surface area contributed by atoms with Gasteiger partial charge in [0.15, 0.2) is 0 Å². The van der Waals surface area contributed by atoms with E-state index in [-0.39, 0.29) is 22.6 Å². The zero-order chi connectivity index (χ0) is 22.4. The Morgan fingerprint density at radius 1 is 1.03 bits per heavy atom. The molecule has 0 unspecified atom stereocenters. The van der Waals surface area contributed by atoms with Crippen molar-refractivity contribution in [2.24, 2.45) is 0 Å². The summed E-state index contributed by atoms with van der Waals surface area (Å²) in [7, 11) is -0.891. The van der Waals surface area contributed by atoms with Crippen LogP contribution in [0.3, 0.4) is 0 Å². The molecule has 1 amide bonds. The van der Waals surface area contributed by atoms with Gasteiger partial charge >= 0.3 is 5.97 Å². The number of carbonyl (C=O) groups excluding carboxylic acids is 2. The molecule has 0 bridgehead atoms. The number of methoxy groups -OCH3 is 2. The Bertz CT molecular complexity index is 1060. The van der Waals surface area contributed by atoms with E-state index in [1.165, 1.54) is 30.7 Å². The molecule has 1 fully saturated rings. The van der Waals surface area contributed by atoms with Crippen LogP contribution in [0.15, 0.2) is 47.4 Å². The fourth-order valence-electron chi connectivity index (χ4n) is 3.47. The van der Waals surface area contributed by atoms with Crippen LogP contribution in [0.1, 0.15) is 45.5 Å². The lowest BCUT2D eigenvalue weighted by atomic mass is 10.1. The minimum atomic E-state index is -3.62. The molecule has 2 aromatic rings. The monoisotopic (exact) mass is 446 g/mol. The normalized spacial score (nSPS) is 14.6. The van der Waals surface area contributed by atoms with Gasteiger partial charge in [0.25, 0.3) is 5.91 Å². The van der Waals surface area contributed by atoms with E-state index < -0.39 is 21.9 Å². The largest absolute Gasteiger partial charge is 0.496 e. The topological polar surface area (TPSA) is 102 Å². The first-order valence-corrected chi connectivity index (χ1v) is 11.4. The standard InChI is InChI=1S/C22H26N2O6S/c1-29-20-10-9-16(13-19(20)22(26)30-2)15-23-21(25)17-7-6-8-18(14-17)31(27,28)24-11-4-3-5-12-24/h6-10,13-14H,3-5,11-12,15H2,1-2H3,(H,23,25). The van der Waals surface area contributed by atoms with Gasteiger partial charge in [-0.2, -0.15) is 4.31 Å². The molecule has 1 aliphatic rings. The highest BCUT2D eigenvalue weighted by Crippen LogP contribution is 2.22. The summed E-state index contributed by atoms with van der Waals surface area (Å²) in [6.45, 7) is 1.15. The van der Waals surface area contributed by atoms with E-state index in [4.69, 9.17) is 9.47 Å². The number of nitrogens with one attached hydrogen (secondary N) is 1. The van der Waals surface area contributed by atoms with Crippen LogP contribution in [0, 0.1) is 0 Å². The van der Waals surface area contributed by atoms with Gasteiger partial charge in [0, 0.05) is 25.2 Å². The average Bonchev–Trinajstić information content (AvgIpc) is 2.82. The van der Waals surface area contributed by atoms with Crippen molar-refractivity contribution < 1.29 is 27.5 Å². The van der Waals surface area contributed by atoms with Crippen molar-refractivity contribution >= 4 is 21.9 Å². The molecule has 3 rings (SSSR count). The van der Waals surface area contributed by atoms with Crippen LogP contribution < -0.4 is 10.1 Å². The van der Waals surface area contributed by atoms with Gasteiger partial charge in [-0.25, -0.2) is 13.2 Å². The Hall–Kier alpha value is -2.91. The fraction of sp³-hybridized carbons (Fsp3) is 0.364. The summed E-state index contributed by atoms with van der Waals surface area (Å²) in [5.41, 5.74) is 1.18. The van der Waals surface area contributed by atoms with Crippen molar-refractivity contribution in [1.29, 1.82) is 0 Å². The predicted octanol–water partition coefficient (Wildman–Crippen LogP) is 2.59. The van der Waals surface area contributed by atoms with Gasteiger partial charge in [0.2, 0.25) is 10.0 Å². The number of esters is 1. The summed E-state index contributed by atoms with van der Waals surface area (Å²) in [4.78, 5) is 24.7. The lowest BCUT2D eigenvalue weighted by Crippen LogP contribution is -2.35.